The second kappa shape index (κ2) is 6.86. The Morgan fingerprint density at radius 1 is 1.22 bits per heavy atom. The Morgan fingerprint density at radius 3 is 2.43 bits per heavy atom. The maximum absolute atomic E-state index is 12.1. The van der Waals surface area contributed by atoms with Crippen LogP contribution in [0.25, 0.3) is 0 Å². The number of methoxy groups -OCH3 is 1. The number of ether oxygens (including phenoxy) is 2. The number of rotatable bonds is 5. The second-order valence-electron chi connectivity index (χ2n) is 6.62. The van der Waals surface area contributed by atoms with E-state index in [4.69, 9.17) is 9.47 Å². The molecular weight excluding hydrogens is 294 g/mol. The predicted octanol–water partition coefficient (Wildman–Crippen LogP) is 3.31. The third-order valence-electron chi connectivity index (χ3n) is 3.75. The number of ketones is 1. The molecule has 0 radical (unpaired) electrons. The summed E-state index contributed by atoms with van der Waals surface area (Å²) in [5, 5.41) is 2.73. The van der Waals surface area contributed by atoms with E-state index in [1.807, 2.05) is 6.92 Å². The van der Waals surface area contributed by atoms with Crippen LogP contribution in [-0.2, 0) is 14.3 Å². The van der Waals surface area contributed by atoms with Crippen molar-refractivity contribution in [3.8, 4) is 5.75 Å². The van der Waals surface area contributed by atoms with Gasteiger partial charge < -0.3 is 14.8 Å². The van der Waals surface area contributed by atoms with E-state index in [1.165, 1.54) is 0 Å². The molecule has 0 aliphatic heterocycles. The summed E-state index contributed by atoms with van der Waals surface area (Å²) in [7, 11) is 1.58. The van der Waals surface area contributed by atoms with Gasteiger partial charge in [0.2, 0.25) is 0 Å². The molecule has 5 heteroatoms. The summed E-state index contributed by atoms with van der Waals surface area (Å²) in [5.41, 5.74) is 1.52. The summed E-state index contributed by atoms with van der Waals surface area (Å²) in [5.74, 6) is 0.730. The number of carbonyl (C=O) groups is 2. The minimum Gasteiger partial charge on any atom is -0.497 e. The van der Waals surface area contributed by atoms with Gasteiger partial charge in [-0.15, -0.1) is 0 Å². The van der Waals surface area contributed by atoms with Gasteiger partial charge in [-0.05, 0) is 48.6 Å². The van der Waals surface area contributed by atoms with Gasteiger partial charge >= 0.3 is 0 Å². The van der Waals surface area contributed by atoms with Crippen LogP contribution in [0.4, 0.5) is 5.69 Å². The van der Waals surface area contributed by atoms with Crippen LogP contribution in [0.3, 0.4) is 0 Å². The lowest BCUT2D eigenvalue weighted by Crippen LogP contribution is -2.28. The number of hydrogen-bond donors (Lipinski definition) is 1. The standard InChI is InChI=1S/C18H23NO4/c1-12-9-18(2,3)10-15(20)17(12)23-11-16(21)19-13-5-7-14(22-4)8-6-13/h5-8H,9-11H2,1-4H3,(H,19,21). The Morgan fingerprint density at radius 2 is 1.87 bits per heavy atom. The van der Waals surface area contributed by atoms with E-state index in [2.05, 4.69) is 19.2 Å². The fraction of sp³-hybridized carbons (Fsp3) is 0.444. The molecule has 1 N–H and O–H groups in total. The summed E-state index contributed by atoms with van der Waals surface area (Å²) < 4.78 is 10.5. The molecule has 0 saturated heterocycles. The molecule has 124 valence electrons. The van der Waals surface area contributed by atoms with Gasteiger partial charge in [0.05, 0.1) is 7.11 Å². The van der Waals surface area contributed by atoms with E-state index in [1.54, 1.807) is 31.4 Å². The smallest absolute Gasteiger partial charge is 0.262 e. The van der Waals surface area contributed by atoms with Crippen molar-refractivity contribution in [2.24, 2.45) is 5.41 Å². The SMILES string of the molecule is COc1ccc(NC(=O)COC2=C(C)CC(C)(C)CC2=O)cc1. The average Bonchev–Trinajstić information content (AvgIpc) is 2.46. The van der Waals surface area contributed by atoms with Crippen LogP contribution in [0.2, 0.25) is 0 Å². The molecule has 0 heterocycles. The lowest BCUT2D eigenvalue weighted by molar-refractivity contribution is -0.124. The molecule has 1 aromatic carbocycles. The maximum Gasteiger partial charge on any atom is 0.262 e. The quantitative estimate of drug-likeness (QED) is 0.905. The van der Waals surface area contributed by atoms with E-state index in [0.717, 1.165) is 17.7 Å². The van der Waals surface area contributed by atoms with Gasteiger partial charge in [0.25, 0.3) is 5.91 Å². The highest BCUT2D eigenvalue weighted by Gasteiger charge is 2.32. The van der Waals surface area contributed by atoms with Crippen LogP contribution in [0.15, 0.2) is 35.6 Å². The van der Waals surface area contributed by atoms with Gasteiger partial charge in [0.15, 0.2) is 18.1 Å². The average molecular weight is 317 g/mol. The van der Waals surface area contributed by atoms with E-state index >= 15 is 0 Å². The number of amides is 1. The summed E-state index contributed by atoms with van der Waals surface area (Å²) in [6, 6.07) is 7.01. The largest absolute Gasteiger partial charge is 0.497 e. The van der Waals surface area contributed by atoms with Crippen LogP contribution in [0.5, 0.6) is 5.75 Å². The molecule has 0 bridgehead atoms. The summed E-state index contributed by atoms with van der Waals surface area (Å²) in [6.07, 6.45) is 1.24. The van der Waals surface area contributed by atoms with Crippen molar-refractivity contribution < 1.29 is 19.1 Å². The molecule has 0 aromatic heterocycles. The summed E-state index contributed by atoms with van der Waals surface area (Å²) >= 11 is 0. The first kappa shape index (κ1) is 17.1. The molecule has 0 fully saturated rings. The van der Waals surface area contributed by atoms with Crippen LogP contribution >= 0.6 is 0 Å². The number of Topliss-reactive ketones (excluding diaryl/α,β-unsaturated/α-hetero) is 1. The van der Waals surface area contributed by atoms with Crippen LogP contribution in [-0.4, -0.2) is 25.4 Å². The van der Waals surface area contributed by atoms with Gasteiger partial charge in [-0.25, -0.2) is 0 Å². The monoisotopic (exact) mass is 317 g/mol. The Kier molecular flexibility index (Phi) is 5.08. The molecule has 0 saturated carbocycles. The van der Waals surface area contributed by atoms with Crippen molar-refractivity contribution in [2.75, 3.05) is 19.0 Å². The van der Waals surface area contributed by atoms with Crippen molar-refractivity contribution in [2.45, 2.75) is 33.6 Å². The Bertz CT molecular complexity index is 629. The van der Waals surface area contributed by atoms with Crippen LogP contribution < -0.4 is 10.1 Å². The van der Waals surface area contributed by atoms with Crippen LogP contribution in [0, 0.1) is 5.41 Å². The second-order valence-corrected chi connectivity index (χ2v) is 6.62. The molecule has 1 aliphatic carbocycles. The van der Waals surface area contributed by atoms with E-state index in [-0.39, 0.29) is 23.7 Å². The van der Waals surface area contributed by atoms with Gasteiger partial charge in [0, 0.05) is 12.1 Å². The number of carbonyl (C=O) groups excluding carboxylic acids is 2. The number of allylic oxidation sites excluding steroid dienone is 2. The summed E-state index contributed by atoms with van der Waals surface area (Å²) in [6.45, 7) is 5.82. The molecule has 0 spiro atoms. The Labute approximate surface area is 136 Å². The minimum absolute atomic E-state index is 0.0315. The number of hydrogen-bond acceptors (Lipinski definition) is 4. The highest BCUT2D eigenvalue weighted by atomic mass is 16.5. The molecule has 0 atom stereocenters. The van der Waals surface area contributed by atoms with E-state index in [9.17, 15) is 9.59 Å². The number of benzene rings is 1. The Hall–Kier alpha value is -2.30. The highest BCUT2D eigenvalue weighted by Crippen LogP contribution is 2.36. The third kappa shape index (κ3) is 4.58. The minimum atomic E-state index is -0.298. The number of anilines is 1. The lowest BCUT2D eigenvalue weighted by atomic mass is 9.76. The van der Waals surface area contributed by atoms with Gasteiger partial charge in [-0.3, -0.25) is 9.59 Å². The van der Waals surface area contributed by atoms with Crippen LogP contribution in [0.1, 0.15) is 33.6 Å². The maximum atomic E-state index is 12.1. The zero-order valence-electron chi connectivity index (χ0n) is 14.1. The molecular formula is C18H23NO4. The number of nitrogens with one attached hydrogen (secondary N) is 1. The normalized spacial score (nSPS) is 17.0. The molecule has 1 aliphatic rings. The zero-order valence-corrected chi connectivity index (χ0v) is 14.1. The molecule has 1 aromatic rings. The van der Waals surface area contributed by atoms with Gasteiger partial charge in [-0.2, -0.15) is 0 Å². The first-order valence-corrected chi connectivity index (χ1v) is 7.60. The van der Waals surface area contributed by atoms with E-state index in [0.29, 0.717) is 17.9 Å². The van der Waals surface area contributed by atoms with Crippen molar-refractivity contribution in [1.29, 1.82) is 0 Å². The van der Waals surface area contributed by atoms with Crippen molar-refractivity contribution in [3.63, 3.8) is 0 Å². The lowest BCUT2D eigenvalue weighted by Gasteiger charge is -2.30. The van der Waals surface area contributed by atoms with E-state index < -0.39 is 0 Å². The first-order chi connectivity index (χ1) is 10.8. The zero-order chi connectivity index (χ0) is 17.0. The molecule has 23 heavy (non-hydrogen) atoms. The molecule has 2 rings (SSSR count). The van der Waals surface area contributed by atoms with Crippen molar-refractivity contribution >= 4 is 17.4 Å². The van der Waals surface area contributed by atoms with Gasteiger partial charge in [-0.1, -0.05) is 13.8 Å². The third-order valence-corrected chi connectivity index (χ3v) is 3.75. The van der Waals surface area contributed by atoms with Crippen molar-refractivity contribution in [3.05, 3.63) is 35.6 Å². The fourth-order valence-corrected chi connectivity index (χ4v) is 2.83. The Balaban J connectivity index is 1.92. The van der Waals surface area contributed by atoms with Gasteiger partial charge in [0.1, 0.15) is 5.75 Å². The highest BCUT2D eigenvalue weighted by molar-refractivity contribution is 5.97. The molecule has 1 amide bonds. The fourth-order valence-electron chi connectivity index (χ4n) is 2.83. The molecule has 0 unspecified atom stereocenters. The van der Waals surface area contributed by atoms with Crippen molar-refractivity contribution in [1.82, 2.24) is 0 Å². The molecule has 5 nitrogen and oxygen atoms in total. The summed E-state index contributed by atoms with van der Waals surface area (Å²) in [4.78, 5) is 24.1. The first-order valence-electron chi connectivity index (χ1n) is 7.60. The topological polar surface area (TPSA) is 64.6 Å². The predicted molar refractivity (Wildman–Crippen MR) is 88.3 cm³/mol.